The number of fused-ring (bicyclic) bond motifs is 14. The number of hydrogen-bond donors (Lipinski definition) is 1. The molecule has 7 aromatic rings. The summed E-state index contributed by atoms with van der Waals surface area (Å²) >= 11 is 0. The van der Waals surface area contributed by atoms with Crippen LogP contribution in [-0.4, -0.2) is 86.3 Å². The lowest BCUT2D eigenvalue weighted by atomic mass is 9.82. The predicted molar refractivity (Wildman–Crippen MR) is 238 cm³/mol. The van der Waals surface area contributed by atoms with Gasteiger partial charge in [-0.1, -0.05) is 0 Å². The number of hydroxylamine groups is 3. The minimum absolute atomic E-state index is 0. The highest BCUT2D eigenvalue weighted by Gasteiger charge is 2.47. The van der Waals surface area contributed by atoms with Crippen LogP contribution in [0, 0.1) is 5.21 Å². The van der Waals surface area contributed by atoms with E-state index in [-0.39, 0.29) is 19.0 Å². The number of pyridine rings is 1. The summed E-state index contributed by atoms with van der Waals surface area (Å²) in [6, 6.07) is 15.9. The van der Waals surface area contributed by atoms with Crippen LogP contribution in [0.15, 0.2) is 54.7 Å². The maximum atomic E-state index is 13.7. The molecule has 1 N–H and O–H groups in total. The number of benzene rings is 6. The number of aliphatic hydroxyl groups is 1. The van der Waals surface area contributed by atoms with Crippen LogP contribution < -0.4 is 59.6 Å². The lowest BCUT2D eigenvalue weighted by Crippen LogP contribution is -3.00. The van der Waals surface area contributed by atoms with E-state index in [9.17, 15) is 10.3 Å². The highest BCUT2D eigenvalue weighted by atomic mass is 35.5. The topological polar surface area (TPSA) is 130 Å². The zero-order valence-electron chi connectivity index (χ0n) is 37.1. The second-order valence-corrected chi connectivity index (χ2v) is 16.1. The van der Waals surface area contributed by atoms with Crippen molar-refractivity contribution in [2.24, 2.45) is 0 Å². The highest BCUT2D eigenvalue weighted by molar-refractivity contribution is 6.26. The number of nitrogens with zero attached hydrogens (tertiary/aromatic N) is 2. The van der Waals surface area contributed by atoms with Gasteiger partial charge in [0.05, 0.1) is 75.9 Å². The van der Waals surface area contributed by atoms with Gasteiger partial charge in [-0.3, -0.25) is 0 Å². The maximum absolute atomic E-state index is 13.7. The molecule has 3 aliphatic rings. The van der Waals surface area contributed by atoms with Crippen molar-refractivity contribution in [3.05, 3.63) is 76.8 Å². The van der Waals surface area contributed by atoms with Crippen molar-refractivity contribution in [3.8, 4) is 51.7 Å². The zero-order valence-corrected chi connectivity index (χ0v) is 37.9. The molecular formula is C49H53ClN2O11. The van der Waals surface area contributed by atoms with Gasteiger partial charge in [-0.15, -0.1) is 0 Å². The van der Waals surface area contributed by atoms with Crippen molar-refractivity contribution >= 4 is 53.9 Å². The van der Waals surface area contributed by atoms with Gasteiger partial charge in [0.2, 0.25) is 5.75 Å². The first-order chi connectivity index (χ1) is 30.1. The van der Waals surface area contributed by atoms with Gasteiger partial charge in [-0.25, -0.2) is 4.57 Å². The zero-order chi connectivity index (χ0) is 43.6. The van der Waals surface area contributed by atoms with Crippen molar-refractivity contribution in [3.63, 3.8) is 0 Å². The molecule has 1 aromatic heterocycles. The molecule has 13 nitrogen and oxygen atoms in total. The largest absolute Gasteiger partial charge is 1.00 e. The first kappa shape index (κ1) is 43.8. The van der Waals surface area contributed by atoms with Gasteiger partial charge in [-0.05, 0) is 74.8 Å². The Morgan fingerprint density at radius 2 is 1.00 bits per heavy atom. The van der Waals surface area contributed by atoms with E-state index >= 15 is 0 Å². The van der Waals surface area contributed by atoms with Crippen LogP contribution >= 0.6 is 0 Å². The second-order valence-electron chi connectivity index (χ2n) is 16.1. The summed E-state index contributed by atoms with van der Waals surface area (Å²) in [6.07, 6.45) is 5.15. The smallest absolute Gasteiger partial charge is 0.203 e. The first-order valence-corrected chi connectivity index (χ1v) is 20.8. The number of rotatable bonds is 9. The van der Waals surface area contributed by atoms with Gasteiger partial charge in [0.1, 0.15) is 25.2 Å². The summed E-state index contributed by atoms with van der Waals surface area (Å²) in [5.41, 5.74) is 2.95. The highest BCUT2D eigenvalue weighted by Crippen LogP contribution is 2.54. The summed E-state index contributed by atoms with van der Waals surface area (Å²) in [4.78, 5) is 0. The number of ether oxygens (including phenoxy) is 9. The predicted octanol–water partition coefficient (Wildman–Crippen LogP) is 5.48. The van der Waals surface area contributed by atoms with E-state index < -0.39 is 16.8 Å². The second kappa shape index (κ2) is 17.0. The number of hydrogen-bond acceptors (Lipinski definition) is 11. The summed E-state index contributed by atoms with van der Waals surface area (Å²) in [5, 5.41) is 35.4. The molecule has 1 unspecified atom stereocenters. The monoisotopic (exact) mass is 880 g/mol. The van der Waals surface area contributed by atoms with Gasteiger partial charge in [0, 0.05) is 59.0 Å². The third-order valence-electron chi connectivity index (χ3n) is 13.3. The Bertz CT molecular complexity index is 2840. The van der Waals surface area contributed by atoms with Gasteiger partial charge >= 0.3 is 0 Å². The van der Waals surface area contributed by atoms with Crippen molar-refractivity contribution in [2.75, 3.05) is 70.5 Å². The number of aliphatic hydroxyl groups excluding tert-OH is 1. The van der Waals surface area contributed by atoms with Crippen LogP contribution in [0.3, 0.4) is 0 Å². The quantitative estimate of drug-likeness (QED) is 0.0857. The van der Waals surface area contributed by atoms with Crippen LogP contribution in [0.5, 0.6) is 51.7 Å². The standard InChI is InChI=1S/C25H29NO7.C24H24NO4.ClH/c1-29-18-9-13-14(10-19(18)30-2)22-15(11-20(31-3)24(32-4)25(22)33-5)21-16(13)12-26(28)8-6-7-17(26)23(21)27;1-26-21-9-16-15-8-14-6-5-7-25(14)13-20(15)19-12-24(29-4)23(28-3)11-18(19)17(16)10-22(21)27-2;/h9-11,17,23,27H,6-8,12H2,1-5H3;8-13H,5-7H2,1-4H3;1H/q;+1;/p-1/t17-,23+,26?;;/m0../s1. The molecule has 10 rings (SSSR count). The molecule has 0 saturated carbocycles. The molecule has 3 aliphatic heterocycles. The van der Waals surface area contributed by atoms with E-state index in [1.807, 2.05) is 18.2 Å². The Hall–Kier alpha value is -5.86. The Kier molecular flexibility index (Phi) is 11.8. The molecule has 332 valence electrons. The maximum Gasteiger partial charge on any atom is 0.203 e. The van der Waals surface area contributed by atoms with E-state index in [2.05, 4.69) is 41.1 Å². The fraction of sp³-hybridized carbons (Fsp3) is 0.367. The van der Waals surface area contributed by atoms with E-state index in [0.717, 1.165) is 85.1 Å². The molecule has 0 bridgehead atoms. The lowest BCUT2D eigenvalue weighted by molar-refractivity contribution is -0.912. The summed E-state index contributed by atoms with van der Waals surface area (Å²) < 4.78 is 52.6. The Morgan fingerprint density at radius 1 is 0.540 bits per heavy atom. The van der Waals surface area contributed by atoms with Crippen molar-refractivity contribution < 1.29 is 69.4 Å². The van der Waals surface area contributed by atoms with Crippen LogP contribution in [0.4, 0.5) is 0 Å². The Balaban J connectivity index is 0.000000171. The third-order valence-corrected chi connectivity index (χ3v) is 13.3. The van der Waals surface area contributed by atoms with Crippen molar-refractivity contribution in [2.45, 2.75) is 50.9 Å². The molecular weight excluding hydrogens is 828 g/mol. The molecule has 0 amide bonds. The van der Waals surface area contributed by atoms with Gasteiger partial charge in [0.15, 0.2) is 57.9 Å². The fourth-order valence-corrected chi connectivity index (χ4v) is 10.4. The number of halogens is 1. The number of quaternary nitrogens is 1. The molecule has 1 saturated heterocycles. The van der Waals surface area contributed by atoms with Gasteiger partial charge in [-0.2, -0.15) is 0 Å². The minimum Gasteiger partial charge on any atom is -1.00 e. The van der Waals surface area contributed by atoms with E-state index in [0.29, 0.717) is 53.2 Å². The summed E-state index contributed by atoms with van der Waals surface area (Å²) in [7, 11) is 14.6. The Morgan fingerprint density at radius 3 is 1.51 bits per heavy atom. The van der Waals surface area contributed by atoms with E-state index in [4.69, 9.17) is 42.6 Å². The molecule has 6 aromatic carbocycles. The van der Waals surface area contributed by atoms with Crippen LogP contribution in [0.2, 0.25) is 0 Å². The number of methoxy groups -OCH3 is 9. The normalized spacial score (nSPS) is 18.5. The Labute approximate surface area is 372 Å². The summed E-state index contributed by atoms with van der Waals surface area (Å²) in [5.74, 6) is 5.46. The molecule has 0 aliphatic carbocycles. The average Bonchev–Trinajstić information content (AvgIpc) is 3.95. The van der Waals surface area contributed by atoms with Crippen molar-refractivity contribution in [1.82, 2.24) is 0 Å². The minimum atomic E-state index is -0.906. The fourth-order valence-electron chi connectivity index (χ4n) is 10.4. The third kappa shape index (κ3) is 6.75. The van der Waals surface area contributed by atoms with Gasteiger partial charge in [0.25, 0.3) is 0 Å². The van der Waals surface area contributed by atoms with Gasteiger partial charge < -0.3 is 70.0 Å². The van der Waals surface area contributed by atoms with Crippen molar-refractivity contribution in [1.29, 1.82) is 0 Å². The van der Waals surface area contributed by atoms with Crippen LogP contribution in [-0.2, 0) is 19.5 Å². The molecule has 1 fully saturated rings. The molecule has 63 heavy (non-hydrogen) atoms. The number of aryl methyl sites for hydroxylation is 2. The molecule has 3 atom stereocenters. The molecule has 4 heterocycles. The van der Waals surface area contributed by atoms with E-state index in [1.54, 1.807) is 64.0 Å². The van der Waals surface area contributed by atoms with Crippen LogP contribution in [0.1, 0.15) is 42.2 Å². The first-order valence-electron chi connectivity index (χ1n) is 20.8. The molecule has 0 radical (unpaired) electrons. The average molecular weight is 881 g/mol. The lowest BCUT2D eigenvalue weighted by Gasteiger charge is -2.50. The number of aromatic nitrogens is 1. The van der Waals surface area contributed by atoms with E-state index in [1.165, 1.54) is 22.9 Å². The molecule has 14 heteroatoms. The molecule has 0 spiro atoms. The SMILES string of the molecule is COc1cc2c3c(c4cc(OC)c(OC)c(OC)c4c2cc1OC)[C@H](O)[C@@H]1CCC[N+]1([O-])C3.COc1cc2c3cc(OC)c(OC)cc3c3c[n+]4c(cc3c2cc1OC)CCC4.[Cl-]. The van der Waals surface area contributed by atoms with Crippen LogP contribution in [0.25, 0.3) is 53.9 Å². The summed E-state index contributed by atoms with van der Waals surface area (Å²) in [6.45, 7) is 1.85.